The van der Waals surface area contributed by atoms with Crippen LogP contribution in [0.3, 0.4) is 0 Å². The van der Waals surface area contributed by atoms with Gasteiger partial charge >= 0.3 is 0 Å². The van der Waals surface area contributed by atoms with Crippen LogP contribution in [0.15, 0.2) is 152 Å². The monoisotopic (exact) mass is 1080 g/mol. The number of phenols is 1. The summed E-state index contributed by atoms with van der Waals surface area (Å²) in [5.74, 6) is 0.347. The van der Waals surface area contributed by atoms with Gasteiger partial charge in [0.25, 0.3) is 0 Å². The zero-order valence-electron chi connectivity index (χ0n) is 51.5. The minimum atomic E-state index is -3.40. The Labute approximate surface area is 435 Å². The molecule has 0 aliphatic heterocycles. The summed E-state index contributed by atoms with van der Waals surface area (Å²) < 4.78 is 103. The van der Waals surface area contributed by atoms with E-state index in [1.165, 1.54) is 24.3 Å². The predicted octanol–water partition coefficient (Wildman–Crippen LogP) is 16.7. The molecule has 0 saturated carbocycles. The number of nitrogens with zero attached hydrogens (tertiary/aromatic N) is 3. The molecule has 7 aromatic carbocycles. The van der Waals surface area contributed by atoms with Gasteiger partial charge in [-0.1, -0.05) is 182 Å². The number of hydrogen-bond acceptors (Lipinski definition) is 3. The maximum Gasteiger partial charge on any atom is 0.148 e. The minimum Gasteiger partial charge on any atom is -0.507 e. The van der Waals surface area contributed by atoms with Gasteiger partial charge in [-0.05, 0) is 128 Å². The first-order chi connectivity index (χ1) is 36.7. The molecule has 68 heavy (non-hydrogen) atoms. The number of aromatic hydroxyl groups is 1. The molecule has 0 saturated heterocycles. The van der Waals surface area contributed by atoms with E-state index in [0.29, 0.717) is 67.2 Å². The first-order valence-corrected chi connectivity index (χ1v) is 22.5. The van der Waals surface area contributed by atoms with Crippen LogP contribution in [0.2, 0.25) is 0 Å². The maximum atomic E-state index is 11.9. The number of imidazole rings is 1. The second kappa shape index (κ2) is 18.3. The Morgan fingerprint density at radius 1 is 0.544 bits per heavy atom. The Morgan fingerprint density at radius 2 is 1.19 bits per heavy atom. The number of aryl methyl sites for hydroxylation is 3. The third-order valence-electron chi connectivity index (χ3n) is 12.6. The smallest absolute Gasteiger partial charge is 0.148 e. The molecule has 0 unspecified atom stereocenters. The second-order valence-electron chi connectivity index (χ2n) is 19.8. The molecule has 346 valence electrons. The molecule has 9 aromatic rings. The fourth-order valence-corrected chi connectivity index (χ4v) is 8.76. The van der Waals surface area contributed by atoms with Crippen molar-refractivity contribution in [3.8, 4) is 78.6 Å². The van der Waals surface area contributed by atoms with Crippen LogP contribution >= 0.6 is 0 Å². The number of fused-ring (bicyclic) bond motifs is 1. The zero-order valence-corrected chi connectivity index (χ0v) is 41.8. The third-order valence-corrected chi connectivity index (χ3v) is 12.6. The molecule has 0 spiro atoms. The van der Waals surface area contributed by atoms with Crippen molar-refractivity contribution in [3.63, 3.8) is 0 Å². The van der Waals surface area contributed by atoms with E-state index in [9.17, 15) is 5.11 Å². The molecular formula is C63H62N3OPt-. The number of rotatable bonds is 7. The van der Waals surface area contributed by atoms with Crippen LogP contribution in [0, 0.1) is 26.8 Å². The summed E-state index contributed by atoms with van der Waals surface area (Å²) in [6, 6.07) is 48.0. The minimum absolute atomic E-state index is 0. The molecule has 2 aromatic heterocycles. The van der Waals surface area contributed by atoms with Gasteiger partial charge in [0.2, 0.25) is 0 Å². The van der Waals surface area contributed by atoms with E-state index in [1.54, 1.807) is 18.3 Å². The van der Waals surface area contributed by atoms with Gasteiger partial charge in [0.15, 0.2) is 0 Å². The number of aromatic nitrogens is 3. The van der Waals surface area contributed by atoms with E-state index in [4.69, 9.17) is 26.4 Å². The molecule has 0 atom stereocenters. The Hall–Kier alpha value is -6.35. The van der Waals surface area contributed by atoms with Crippen molar-refractivity contribution < 1.29 is 42.6 Å². The summed E-state index contributed by atoms with van der Waals surface area (Å²) in [5.41, 5.74) is 8.86. The van der Waals surface area contributed by atoms with Crippen molar-refractivity contribution in [2.24, 2.45) is 0 Å². The van der Waals surface area contributed by atoms with Crippen molar-refractivity contribution in [2.45, 2.75) is 99.0 Å². The molecular weight excluding hydrogens is 1010 g/mol. The summed E-state index contributed by atoms with van der Waals surface area (Å²) in [6.45, 7) is 3.97. The molecule has 9 rings (SSSR count). The molecule has 0 amide bonds. The van der Waals surface area contributed by atoms with Gasteiger partial charge in [-0.25, -0.2) is 4.98 Å². The number of para-hydroxylation sites is 1. The van der Waals surface area contributed by atoms with Crippen molar-refractivity contribution >= 4 is 11.0 Å². The Bertz CT molecular complexity index is 3720. The summed E-state index contributed by atoms with van der Waals surface area (Å²) in [4.78, 5) is 10.2. The van der Waals surface area contributed by atoms with Crippen LogP contribution < -0.4 is 0 Å². The van der Waals surface area contributed by atoms with E-state index in [-0.39, 0.29) is 48.8 Å². The second-order valence-corrected chi connectivity index (χ2v) is 19.8. The van der Waals surface area contributed by atoms with Crippen LogP contribution in [0.5, 0.6) is 5.75 Å². The first-order valence-electron chi connectivity index (χ1n) is 28.5. The average molecular weight is 1080 g/mol. The molecule has 0 bridgehead atoms. The number of benzene rings is 7. The van der Waals surface area contributed by atoms with Gasteiger partial charge in [-0.2, -0.15) is 0 Å². The Morgan fingerprint density at radius 3 is 1.87 bits per heavy atom. The summed E-state index contributed by atoms with van der Waals surface area (Å²) in [7, 11) is 0. The van der Waals surface area contributed by atoms with Gasteiger partial charge in [0, 0.05) is 49.4 Å². The molecule has 2 heterocycles. The van der Waals surface area contributed by atoms with E-state index in [2.05, 4.69) is 65.8 Å². The SMILES string of the molecule is [2H]C([2H])([2H])c1cc(-c2cc(C(C)(C)C)cc(C(C)(C)C)c2)ccc1-n1c(-c2cc(C)cc(C)c2O)nc2c(-c3[c-]c(-c4cc(-c5ccc(C(C([2H])([2H])[2H])(C([2H])([2H])[2H])C([2H])([2H])[2H])cc5)ccn4)cc(-c4ccccc4)c3)cccc21.[Pt]. The molecule has 4 nitrogen and oxygen atoms in total. The quantitative estimate of drug-likeness (QED) is 0.162. The van der Waals surface area contributed by atoms with Crippen molar-refractivity contribution in [1.29, 1.82) is 0 Å². The van der Waals surface area contributed by atoms with Gasteiger partial charge in [0.1, 0.15) is 11.6 Å². The van der Waals surface area contributed by atoms with Crippen LogP contribution in [0.4, 0.5) is 0 Å². The zero-order chi connectivity index (χ0) is 57.6. The molecule has 0 aliphatic carbocycles. The van der Waals surface area contributed by atoms with Crippen LogP contribution in [0.1, 0.15) is 112 Å². The van der Waals surface area contributed by atoms with Crippen LogP contribution in [-0.4, -0.2) is 19.6 Å². The van der Waals surface area contributed by atoms with E-state index < -0.39 is 32.8 Å². The van der Waals surface area contributed by atoms with Crippen molar-refractivity contribution in [3.05, 3.63) is 191 Å². The molecule has 0 aliphatic rings. The fraction of sp³-hybridized carbons (Fsp3) is 0.238. The molecule has 0 fully saturated rings. The van der Waals surface area contributed by atoms with Gasteiger partial charge in [0.05, 0.1) is 22.3 Å². The Kier molecular flexibility index (Phi) is 9.37. The molecule has 1 N–H and O–H groups in total. The van der Waals surface area contributed by atoms with Gasteiger partial charge in [-0.15, -0.1) is 23.8 Å². The topological polar surface area (TPSA) is 50.9 Å². The van der Waals surface area contributed by atoms with Gasteiger partial charge in [-0.3, -0.25) is 9.55 Å². The van der Waals surface area contributed by atoms with E-state index in [0.717, 1.165) is 38.9 Å². The van der Waals surface area contributed by atoms with Crippen molar-refractivity contribution in [2.75, 3.05) is 0 Å². The standard InChI is InChI=1S/C63H62N3O.Pt/c1-39-29-41(3)59(67)54(30-39)60-65-58-53(19-16-20-57(58)66(60)56-26-23-44(31-40(56)2)47-35-51(62(7,8)9)38-52(36-47)63(10,11)12)48-32-46(42-17-14-13-15-18-42)33-49(34-48)55-37-45(27-28-64-55)43-21-24-50(25-22-43)61(4,5)6;/h13-33,35-38,67H,1-12H3;/q-1;/i2D3,4D3,5D3,6D3;. The fourth-order valence-electron chi connectivity index (χ4n) is 8.76. The van der Waals surface area contributed by atoms with Gasteiger partial charge < -0.3 is 5.11 Å². The van der Waals surface area contributed by atoms with E-state index in [1.807, 2.05) is 109 Å². The number of hydrogen-bond donors (Lipinski definition) is 1. The number of pyridine rings is 1. The summed E-state index contributed by atoms with van der Waals surface area (Å²) in [6.07, 6.45) is 1.61. The first kappa shape index (κ1) is 34.9. The maximum absolute atomic E-state index is 11.9. The largest absolute Gasteiger partial charge is 0.507 e. The summed E-state index contributed by atoms with van der Waals surface area (Å²) >= 11 is 0. The summed E-state index contributed by atoms with van der Waals surface area (Å²) in [5, 5.41) is 11.9. The molecule has 5 heteroatoms. The predicted molar refractivity (Wildman–Crippen MR) is 282 cm³/mol. The van der Waals surface area contributed by atoms with Crippen LogP contribution in [0.25, 0.3) is 83.9 Å². The molecule has 0 radical (unpaired) electrons. The van der Waals surface area contributed by atoms with E-state index >= 15 is 0 Å². The third kappa shape index (κ3) is 9.54. The Balaban J connectivity index is 0.00000841. The van der Waals surface area contributed by atoms with Crippen molar-refractivity contribution in [1.82, 2.24) is 14.5 Å². The number of phenolic OH excluding ortho intramolecular Hbond substituents is 1. The average Bonchev–Trinajstić information content (AvgIpc) is 3.94. The van der Waals surface area contributed by atoms with Crippen LogP contribution in [-0.2, 0) is 37.3 Å². The normalized spacial score (nSPS) is 15.4.